The minimum Gasteiger partial charge on any atom is -0.385 e. The molecule has 0 bridgehead atoms. The number of fused-ring (bicyclic) bond motifs is 1. The zero-order valence-electron chi connectivity index (χ0n) is 9.43. The Bertz CT molecular complexity index is 369. The predicted molar refractivity (Wildman–Crippen MR) is 59.1 cm³/mol. The third-order valence-corrected chi connectivity index (χ3v) is 3.55. The van der Waals surface area contributed by atoms with Crippen molar-refractivity contribution in [1.29, 1.82) is 0 Å². The first-order valence-electron chi connectivity index (χ1n) is 6.14. The van der Waals surface area contributed by atoms with Crippen molar-refractivity contribution in [3.63, 3.8) is 0 Å². The summed E-state index contributed by atoms with van der Waals surface area (Å²) in [5, 5.41) is 9.83. The van der Waals surface area contributed by atoms with E-state index in [2.05, 4.69) is 15.7 Å². The molecule has 0 spiro atoms. The van der Waals surface area contributed by atoms with Crippen molar-refractivity contribution < 1.29 is 9.84 Å². The molecule has 0 aliphatic carbocycles. The molecule has 3 heterocycles. The molecule has 3 rings (SSSR count). The van der Waals surface area contributed by atoms with Crippen LogP contribution in [0.15, 0.2) is 6.20 Å². The smallest absolute Gasteiger partial charge is 0.137 e. The van der Waals surface area contributed by atoms with E-state index in [0.717, 1.165) is 57.0 Å². The number of aromatic nitrogens is 2. The van der Waals surface area contributed by atoms with E-state index in [1.807, 2.05) is 0 Å². The molecule has 0 amide bonds. The Morgan fingerprint density at radius 3 is 3.19 bits per heavy atom. The van der Waals surface area contributed by atoms with Gasteiger partial charge in [0.15, 0.2) is 0 Å². The van der Waals surface area contributed by atoms with Gasteiger partial charge in [-0.25, -0.2) is 4.98 Å². The Balaban J connectivity index is 1.75. The fraction of sp³-hybridized carbons (Fsp3) is 0.750. The number of aliphatic hydroxyl groups excluding tert-OH is 1. The van der Waals surface area contributed by atoms with Crippen LogP contribution >= 0.6 is 0 Å². The van der Waals surface area contributed by atoms with Gasteiger partial charge in [0, 0.05) is 26.0 Å². The normalized spacial score (nSPS) is 29.3. The quantitative estimate of drug-likeness (QED) is 0.820. The van der Waals surface area contributed by atoms with Crippen molar-refractivity contribution >= 4 is 0 Å². The molecule has 1 N–H and O–H groups in total. The number of hydrogen-bond donors (Lipinski definition) is 1. The van der Waals surface area contributed by atoms with E-state index in [0.29, 0.717) is 5.92 Å². The highest BCUT2D eigenvalue weighted by Crippen LogP contribution is 2.25. The summed E-state index contributed by atoms with van der Waals surface area (Å²) in [6.07, 6.45) is 5.79. The van der Waals surface area contributed by atoms with E-state index in [4.69, 9.17) is 4.74 Å². The molecule has 16 heavy (non-hydrogen) atoms. The highest BCUT2D eigenvalue weighted by Gasteiger charge is 2.23. The van der Waals surface area contributed by atoms with E-state index in [9.17, 15) is 5.11 Å². The maximum Gasteiger partial charge on any atom is 0.137 e. The molecule has 1 saturated heterocycles. The lowest BCUT2D eigenvalue weighted by atomic mass is 10.0. The van der Waals surface area contributed by atoms with Gasteiger partial charge in [-0.3, -0.25) is 0 Å². The highest BCUT2D eigenvalue weighted by molar-refractivity contribution is 5.09. The average molecular weight is 222 g/mol. The number of ether oxygens (including phenoxy) is 1. The molecule has 1 fully saturated rings. The molecule has 4 nitrogen and oxygen atoms in total. The fourth-order valence-corrected chi connectivity index (χ4v) is 2.65. The third-order valence-electron chi connectivity index (χ3n) is 3.55. The van der Waals surface area contributed by atoms with Crippen molar-refractivity contribution in [3.05, 3.63) is 17.7 Å². The molecular weight excluding hydrogens is 204 g/mol. The predicted octanol–water partition coefficient (Wildman–Crippen LogP) is 1.29. The summed E-state index contributed by atoms with van der Waals surface area (Å²) in [6.45, 7) is 2.76. The lowest BCUT2D eigenvalue weighted by Gasteiger charge is -2.18. The molecule has 2 atom stereocenters. The van der Waals surface area contributed by atoms with E-state index >= 15 is 0 Å². The van der Waals surface area contributed by atoms with Crippen LogP contribution in [0, 0.1) is 5.92 Å². The zero-order chi connectivity index (χ0) is 11.0. The van der Waals surface area contributed by atoms with Crippen LogP contribution in [0.25, 0.3) is 0 Å². The van der Waals surface area contributed by atoms with Gasteiger partial charge in [-0.2, -0.15) is 0 Å². The number of imidazole rings is 1. The summed E-state index contributed by atoms with van der Waals surface area (Å²) in [7, 11) is 0. The molecule has 1 aromatic rings. The van der Waals surface area contributed by atoms with Crippen LogP contribution in [0.5, 0.6) is 0 Å². The summed E-state index contributed by atoms with van der Waals surface area (Å²) >= 11 is 0. The maximum absolute atomic E-state index is 9.83. The number of nitrogens with zero attached hydrogens (tertiary/aromatic N) is 2. The average Bonchev–Trinajstić information content (AvgIpc) is 2.88. The van der Waals surface area contributed by atoms with Crippen LogP contribution in [0.1, 0.15) is 36.9 Å². The van der Waals surface area contributed by atoms with Crippen LogP contribution in [-0.4, -0.2) is 27.9 Å². The van der Waals surface area contributed by atoms with Gasteiger partial charge in [0.2, 0.25) is 0 Å². The molecule has 0 aromatic carbocycles. The van der Waals surface area contributed by atoms with E-state index in [1.54, 1.807) is 0 Å². The lowest BCUT2D eigenvalue weighted by molar-refractivity contribution is 0.133. The Labute approximate surface area is 95.3 Å². The van der Waals surface area contributed by atoms with Crippen LogP contribution < -0.4 is 0 Å². The third kappa shape index (κ3) is 1.87. The van der Waals surface area contributed by atoms with Gasteiger partial charge >= 0.3 is 0 Å². The second-order valence-electron chi connectivity index (χ2n) is 4.88. The summed E-state index contributed by atoms with van der Waals surface area (Å²) in [6, 6.07) is 0. The van der Waals surface area contributed by atoms with Gasteiger partial charge in [0.25, 0.3) is 0 Å². The second kappa shape index (κ2) is 4.18. The first-order chi connectivity index (χ1) is 7.83. The topological polar surface area (TPSA) is 47.3 Å². The Morgan fingerprint density at radius 1 is 1.50 bits per heavy atom. The van der Waals surface area contributed by atoms with Gasteiger partial charge in [-0.1, -0.05) is 0 Å². The summed E-state index contributed by atoms with van der Waals surface area (Å²) in [4.78, 5) is 4.55. The SMILES string of the molecule is OC1CCCn2cc(CC3CCOC3)nc21. The van der Waals surface area contributed by atoms with Gasteiger partial charge in [-0.15, -0.1) is 0 Å². The molecule has 2 aliphatic rings. The molecule has 4 heteroatoms. The number of aryl methyl sites for hydroxylation is 1. The Morgan fingerprint density at radius 2 is 2.44 bits per heavy atom. The summed E-state index contributed by atoms with van der Waals surface area (Å²) < 4.78 is 7.48. The van der Waals surface area contributed by atoms with E-state index < -0.39 is 0 Å². The van der Waals surface area contributed by atoms with E-state index in [-0.39, 0.29) is 6.10 Å². The molecule has 88 valence electrons. The highest BCUT2D eigenvalue weighted by atomic mass is 16.5. The standard InChI is InChI=1S/C12H18N2O2/c15-11-2-1-4-14-7-10(13-12(11)14)6-9-3-5-16-8-9/h7,9,11,15H,1-6,8H2. The molecule has 2 aliphatic heterocycles. The van der Waals surface area contributed by atoms with Gasteiger partial charge in [-0.05, 0) is 31.6 Å². The van der Waals surface area contributed by atoms with E-state index in [1.165, 1.54) is 0 Å². The van der Waals surface area contributed by atoms with Gasteiger partial charge < -0.3 is 14.4 Å². The van der Waals surface area contributed by atoms with Crippen LogP contribution in [0.2, 0.25) is 0 Å². The monoisotopic (exact) mass is 222 g/mol. The minimum absolute atomic E-state index is 0.359. The molecule has 0 saturated carbocycles. The van der Waals surface area contributed by atoms with Gasteiger partial charge in [0.1, 0.15) is 11.9 Å². The van der Waals surface area contributed by atoms with Crippen molar-refractivity contribution in [3.8, 4) is 0 Å². The summed E-state index contributed by atoms with van der Waals surface area (Å²) in [5.74, 6) is 1.48. The Hall–Kier alpha value is -0.870. The molecular formula is C12H18N2O2. The molecule has 2 unspecified atom stereocenters. The maximum atomic E-state index is 9.83. The molecule has 0 radical (unpaired) electrons. The van der Waals surface area contributed by atoms with Crippen molar-refractivity contribution in [2.75, 3.05) is 13.2 Å². The van der Waals surface area contributed by atoms with Crippen LogP contribution in [0.3, 0.4) is 0 Å². The van der Waals surface area contributed by atoms with Gasteiger partial charge in [0.05, 0.1) is 5.69 Å². The van der Waals surface area contributed by atoms with Crippen molar-refractivity contribution in [1.82, 2.24) is 9.55 Å². The van der Waals surface area contributed by atoms with Crippen molar-refractivity contribution in [2.45, 2.75) is 38.3 Å². The minimum atomic E-state index is -0.359. The number of aliphatic hydroxyl groups is 1. The first-order valence-corrected chi connectivity index (χ1v) is 6.14. The lowest BCUT2D eigenvalue weighted by Crippen LogP contribution is -2.14. The number of hydrogen-bond acceptors (Lipinski definition) is 3. The van der Waals surface area contributed by atoms with Crippen LogP contribution in [0.4, 0.5) is 0 Å². The second-order valence-corrected chi connectivity index (χ2v) is 4.88. The van der Waals surface area contributed by atoms with Crippen molar-refractivity contribution in [2.24, 2.45) is 5.92 Å². The molecule has 1 aromatic heterocycles. The zero-order valence-corrected chi connectivity index (χ0v) is 9.43. The largest absolute Gasteiger partial charge is 0.385 e. The fourth-order valence-electron chi connectivity index (χ4n) is 2.65. The Kier molecular flexibility index (Phi) is 2.69. The van der Waals surface area contributed by atoms with Crippen LogP contribution in [-0.2, 0) is 17.7 Å². The number of rotatable bonds is 2. The summed E-state index contributed by atoms with van der Waals surface area (Å²) in [5.41, 5.74) is 1.12. The first kappa shape index (κ1) is 10.3.